The summed E-state index contributed by atoms with van der Waals surface area (Å²) < 4.78 is 11.2. The van der Waals surface area contributed by atoms with E-state index in [4.69, 9.17) is 14.6 Å². The normalized spacial score (nSPS) is 17.1. The number of carbonyl (C=O) groups excluding carboxylic acids is 2. The Kier molecular flexibility index (Phi) is 8.21. The Morgan fingerprint density at radius 2 is 2.04 bits per heavy atom. The molecule has 2 rings (SSSR count). The summed E-state index contributed by atoms with van der Waals surface area (Å²) in [5, 5.41) is 11.8. The highest BCUT2D eigenvalue weighted by molar-refractivity contribution is 5.88. The number of para-hydroxylation sites is 2. The number of amides is 2. The lowest BCUT2D eigenvalue weighted by Crippen LogP contribution is -2.52. The number of aliphatic hydroxyl groups excluding tert-OH is 1. The summed E-state index contributed by atoms with van der Waals surface area (Å²) in [6.45, 7) is 3.76. The molecule has 0 aliphatic carbocycles. The molecule has 1 aromatic rings. The van der Waals surface area contributed by atoms with Gasteiger partial charge in [-0.1, -0.05) is 12.1 Å². The largest absolute Gasteiger partial charge is 0.490 e. The molecule has 0 spiro atoms. The molecule has 1 saturated heterocycles. The van der Waals surface area contributed by atoms with Crippen molar-refractivity contribution in [1.82, 2.24) is 10.2 Å². The van der Waals surface area contributed by atoms with Crippen molar-refractivity contribution in [3.63, 3.8) is 0 Å². The van der Waals surface area contributed by atoms with E-state index in [2.05, 4.69) is 5.32 Å². The lowest BCUT2D eigenvalue weighted by molar-refractivity contribution is -0.139. The molecule has 1 aliphatic heterocycles. The van der Waals surface area contributed by atoms with Crippen molar-refractivity contribution in [2.45, 2.75) is 38.6 Å². The maximum Gasteiger partial charge on any atom is 0.245 e. The van der Waals surface area contributed by atoms with Crippen LogP contribution < -0.4 is 14.8 Å². The monoisotopic (exact) mass is 364 g/mol. The summed E-state index contributed by atoms with van der Waals surface area (Å²) >= 11 is 0. The van der Waals surface area contributed by atoms with Gasteiger partial charge < -0.3 is 24.8 Å². The summed E-state index contributed by atoms with van der Waals surface area (Å²) in [4.78, 5) is 25.9. The number of benzene rings is 1. The second kappa shape index (κ2) is 10.7. The van der Waals surface area contributed by atoms with E-state index in [-0.39, 0.29) is 18.4 Å². The van der Waals surface area contributed by atoms with Gasteiger partial charge in [-0.2, -0.15) is 0 Å². The predicted octanol–water partition coefficient (Wildman–Crippen LogP) is 1.34. The summed E-state index contributed by atoms with van der Waals surface area (Å²) in [5.41, 5.74) is 0. The molecule has 26 heavy (non-hydrogen) atoms. The first kappa shape index (κ1) is 20.0. The van der Waals surface area contributed by atoms with E-state index in [1.54, 1.807) is 4.90 Å². The second-order valence-electron chi connectivity index (χ2n) is 6.14. The standard InChI is InChI=1S/C19H28N2O5/c1-2-25-16-8-3-4-9-17(16)26-14-6-10-18(23)20-15-7-5-11-21(12-13-22)19(15)24/h3-4,8-9,15,22H,2,5-7,10-14H2,1H3,(H,20,23). The minimum absolute atomic E-state index is 0.0625. The molecule has 0 bridgehead atoms. The zero-order chi connectivity index (χ0) is 18.8. The number of carbonyl (C=O) groups is 2. The maximum atomic E-state index is 12.2. The van der Waals surface area contributed by atoms with E-state index in [0.29, 0.717) is 57.1 Å². The van der Waals surface area contributed by atoms with Crippen LogP contribution in [0.4, 0.5) is 0 Å². The van der Waals surface area contributed by atoms with Crippen LogP contribution in [0.2, 0.25) is 0 Å². The maximum absolute atomic E-state index is 12.2. The Balaban J connectivity index is 1.71. The molecule has 2 amide bonds. The number of hydrogen-bond donors (Lipinski definition) is 2. The van der Waals surface area contributed by atoms with Crippen molar-refractivity contribution in [2.24, 2.45) is 0 Å². The summed E-state index contributed by atoms with van der Waals surface area (Å²) in [7, 11) is 0. The number of hydrogen-bond acceptors (Lipinski definition) is 5. The number of nitrogens with one attached hydrogen (secondary N) is 1. The van der Waals surface area contributed by atoms with Gasteiger partial charge in [0.15, 0.2) is 11.5 Å². The Bertz CT molecular complexity index is 591. The molecular formula is C19H28N2O5. The van der Waals surface area contributed by atoms with Gasteiger partial charge in [0, 0.05) is 19.5 Å². The molecule has 0 aromatic heterocycles. The highest BCUT2D eigenvalue weighted by atomic mass is 16.5. The van der Waals surface area contributed by atoms with Crippen LogP contribution in [0.25, 0.3) is 0 Å². The van der Waals surface area contributed by atoms with E-state index < -0.39 is 6.04 Å². The predicted molar refractivity (Wildman–Crippen MR) is 97.2 cm³/mol. The van der Waals surface area contributed by atoms with Gasteiger partial charge in [0.2, 0.25) is 11.8 Å². The lowest BCUT2D eigenvalue weighted by Gasteiger charge is -2.32. The first-order chi connectivity index (χ1) is 12.7. The van der Waals surface area contributed by atoms with Gasteiger partial charge in [-0.15, -0.1) is 0 Å². The number of likely N-dealkylation sites (tertiary alicyclic amines) is 1. The fraction of sp³-hybridized carbons (Fsp3) is 0.579. The second-order valence-corrected chi connectivity index (χ2v) is 6.14. The third-order valence-electron chi connectivity index (χ3n) is 4.19. The third kappa shape index (κ3) is 5.91. The molecule has 7 heteroatoms. The quantitative estimate of drug-likeness (QED) is 0.612. The van der Waals surface area contributed by atoms with Gasteiger partial charge in [0.05, 0.1) is 19.8 Å². The summed E-state index contributed by atoms with van der Waals surface area (Å²) in [6.07, 6.45) is 2.31. The molecule has 1 unspecified atom stereocenters. The topological polar surface area (TPSA) is 88.1 Å². The van der Waals surface area contributed by atoms with E-state index in [1.807, 2.05) is 31.2 Å². The number of piperidine rings is 1. The highest BCUT2D eigenvalue weighted by Gasteiger charge is 2.29. The number of rotatable bonds is 10. The molecule has 1 heterocycles. The SMILES string of the molecule is CCOc1ccccc1OCCCC(=O)NC1CCCN(CCO)C1=O. The van der Waals surface area contributed by atoms with Crippen molar-refractivity contribution >= 4 is 11.8 Å². The first-order valence-electron chi connectivity index (χ1n) is 9.19. The van der Waals surface area contributed by atoms with E-state index in [9.17, 15) is 9.59 Å². The van der Waals surface area contributed by atoms with Gasteiger partial charge in [0.25, 0.3) is 0 Å². The molecule has 2 N–H and O–H groups in total. The van der Waals surface area contributed by atoms with Crippen molar-refractivity contribution in [3.8, 4) is 11.5 Å². The molecule has 1 aromatic carbocycles. The van der Waals surface area contributed by atoms with Crippen LogP contribution in [-0.4, -0.2) is 60.8 Å². The van der Waals surface area contributed by atoms with Gasteiger partial charge in [-0.25, -0.2) is 0 Å². The summed E-state index contributed by atoms with van der Waals surface area (Å²) in [5.74, 6) is 1.09. The fourth-order valence-corrected chi connectivity index (χ4v) is 2.94. The molecule has 1 fully saturated rings. The van der Waals surface area contributed by atoms with Gasteiger partial charge in [-0.3, -0.25) is 9.59 Å². The molecule has 0 radical (unpaired) electrons. The van der Waals surface area contributed by atoms with Crippen molar-refractivity contribution in [2.75, 3.05) is 32.9 Å². The smallest absolute Gasteiger partial charge is 0.245 e. The van der Waals surface area contributed by atoms with Crippen LogP contribution in [0.1, 0.15) is 32.6 Å². The van der Waals surface area contributed by atoms with Crippen LogP contribution in [0, 0.1) is 0 Å². The van der Waals surface area contributed by atoms with Gasteiger partial charge in [0.1, 0.15) is 6.04 Å². The van der Waals surface area contributed by atoms with Crippen molar-refractivity contribution < 1.29 is 24.2 Å². The number of nitrogens with zero attached hydrogens (tertiary/aromatic N) is 1. The Labute approximate surface area is 154 Å². The minimum Gasteiger partial charge on any atom is -0.490 e. The minimum atomic E-state index is -0.484. The van der Waals surface area contributed by atoms with Crippen LogP contribution in [-0.2, 0) is 9.59 Å². The van der Waals surface area contributed by atoms with Crippen LogP contribution in [0.15, 0.2) is 24.3 Å². The summed E-state index contributed by atoms with van der Waals surface area (Å²) in [6, 6.07) is 6.95. The van der Waals surface area contributed by atoms with Gasteiger partial charge >= 0.3 is 0 Å². The van der Waals surface area contributed by atoms with Crippen molar-refractivity contribution in [3.05, 3.63) is 24.3 Å². The first-order valence-corrected chi connectivity index (χ1v) is 9.19. The third-order valence-corrected chi connectivity index (χ3v) is 4.19. The Morgan fingerprint density at radius 3 is 2.73 bits per heavy atom. The molecular weight excluding hydrogens is 336 g/mol. The number of aliphatic hydroxyl groups is 1. The van der Waals surface area contributed by atoms with Crippen LogP contribution in [0.3, 0.4) is 0 Å². The van der Waals surface area contributed by atoms with E-state index in [1.165, 1.54) is 0 Å². The molecule has 0 saturated carbocycles. The van der Waals surface area contributed by atoms with E-state index >= 15 is 0 Å². The number of β-amino-alcohol motifs (C(OH)–C–C–N with tert-alkyl or cyclic N) is 1. The number of ether oxygens (including phenoxy) is 2. The average Bonchev–Trinajstić information content (AvgIpc) is 2.64. The van der Waals surface area contributed by atoms with Crippen LogP contribution in [0.5, 0.6) is 11.5 Å². The molecule has 144 valence electrons. The van der Waals surface area contributed by atoms with E-state index in [0.717, 1.165) is 6.42 Å². The molecule has 1 atom stereocenters. The average molecular weight is 364 g/mol. The highest BCUT2D eigenvalue weighted by Crippen LogP contribution is 2.26. The molecule has 7 nitrogen and oxygen atoms in total. The Morgan fingerprint density at radius 1 is 1.31 bits per heavy atom. The van der Waals surface area contributed by atoms with Crippen molar-refractivity contribution in [1.29, 1.82) is 0 Å². The van der Waals surface area contributed by atoms with Gasteiger partial charge in [-0.05, 0) is 38.3 Å². The lowest BCUT2D eigenvalue weighted by atomic mass is 10.0. The zero-order valence-corrected chi connectivity index (χ0v) is 15.3. The fourth-order valence-electron chi connectivity index (χ4n) is 2.94. The molecule has 1 aliphatic rings. The zero-order valence-electron chi connectivity index (χ0n) is 15.3. The van der Waals surface area contributed by atoms with Crippen LogP contribution >= 0.6 is 0 Å². The Hall–Kier alpha value is -2.28.